The minimum absolute atomic E-state index is 0.319. The zero-order valence-electron chi connectivity index (χ0n) is 14.9. The van der Waals surface area contributed by atoms with Crippen LogP contribution in [-0.2, 0) is 6.54 Å². The van der Waals surface area contributed by atoms with E-state index in [1.54, 1.807) is 0 Å². The van der Waals surface area contributed by atoms with Gasteiger partial charge in [-0.3, -0.25) is 14.5 Å². The van der Waals surface area contributed by atoms with Gasteiger partial charge in [-0.2, -0.15) is 5.10 Å². The minimum atomic E-state index is -0.319. The number of hydrogen-bond donors (Lipinski definition) is 1. The number of aliphatic hydroxyl groups excluding tert-OH is 1. The standard InChI is InChI=1S/C19H28N4O/c1-15-9-16(2)23(20-15)18-11-22(12-18)14-19(24)13-21(3)10-17-7-5-4-6-8-17/h4-9,18-19,24H,10-14H2,1-3H3/t19-/m1/s1. The Labute approximate surface area is 144 Å². The summed E-state index contributed by atoms with van der Waals surface area (Å²) in [6, 6.07) is 13.0. The summed E-state index contributed by atoms with van der Waals surface area (Å²) in [5.74, 6) is 0. The highest BCUT2D eigenvalue weighted by atomic mass is 16.3. The molecular formula is C19H28N4O. The summed E-state index contributed by atoms with van der Waals surface area (Å²) in [7, 11) is 2.06. The number of aliphatic hydroxyl groups is 1. The van der Waals surface area contributed by atoms with Gasteiger partial charge in [0.1, 0.15) is 0 Å². The van der Waals surface area contributed by atoms with Gasteiger partial charge in [0.2, 0.25) is 0 Å². The lowest BCUT2D eigenvalue weighted by Gasteiger charge is -2.41. The molecule has 0 bridgehead atoms. The van der Waals surface area contributed by atoms with Crippen molar-refractivity contribution in [3.05, 3.63) is 53.3 Å². The van der Waals surface area contributed by atoms with E-state index in [1.165, 1.54) is 11.3 Å². The fourth-order valence-corrected chi connectivity index (χ4v) is 3.54. The summed E-state index contributed by atoms with van der Waals surface area (Å²) in [4.78, 5) is 4.49. The van der Waals surface area contributed by atoms with Crippen LogP contribution in [-0.4, -0.2) is 64.0 Å². The molecule has 24 heavy (non-hydrogen) atoms. The number of aryl methyl sites for hydroxylation is 2. The first-order chi connectivity index (χ1) is 11.5. The molecule has 1 aliphatic heterocycles. The van der Waals surface area contributed by atoms with Crippen molar-refractivity contribution in [1.29, 1.82) is 0 Å². The number of likely N-dealkylation sites (tertiary alicyclic amines) is 1. The molecule has 5 heteroatoms. The Hall–Kier alpha value is -1.69. The molecule has 0 spiro atoms. The van der Waals surface area contributed by atoms with Crippen molar-refractivity contribution in [2.75, 3.05) is 33.2 Å². The number of aromatic nitrogens is 2. The summed E-state index contributed by atoms with van der Waals surface area (Å²) in [6.45, 7) is 8.38. The third-order valence-electron chi connectivity index (χ3n) is 4.62. The summed E-state index contributed by atoms with van der Waals surface area (Å²) in [6.07, 6.45) is -0.319. The van der Waals surface area contributed by atoms with E-state index in [2.05, 4.69) is 63.9 Å². The van der Waals surface area contributed by atoms with Gasteiger partial charge in [0.25, 0.3) is 0 Å². The van der Waals surface area contributed by atoms with Crippen LogP contribution in [0.15, 0.2) is 36.4 Å². The number of likely N-dealkylation sites (N-methyl/N-ethyl adjacent to an activating group) is 1. The maximum Gasteiger partial charge on any atom is 0.0793 e. The van der Waals surface area contributed by atoms with E-state index in [4.69, 9.17) is 0 Å². The van der Waals surface area contributed by atoms with Crippen LogP contribution in [0.3, 0.4) is 0 Å². The first kappa shape index (κ1) is 17.1. The second-order valence-corrected chi connectivity index (χ2v) is 7.08. The van der Waals surface area contributed by atoms with Gasteiger partial charge in [0.05, 0.1) is 17.8 Å². The average molecular weight is 328 g/mol. The summed E-state index contributed by atoms with van der Waals surface area (Å²) in [5.41, 5.74) is 3.58. The molecule has 3 rings (SSSR count). The highest BCUT2D eigenvalue weighted by molar-refractivity contribution is 5.14. The monoisotopic (exact) mass is 328 g/mol. The Bertz CT molecular complexity index is 649. The topological polar surface area (TPSA) is 44.5 Å². The first-order valence-electron chi connectivity index (χ1n) is 8.67. The maximum atomic E-state index is 10.3. The van der Waals surface area contributed by atoms with Gasteiger partial charge in [-0.05, 0) is 32.5 Å². The molecule has 1 aliphatic rings. The molecule has 2 aromatic rings. The zero-order valence-corrected chi connectivity index (χ0v) is 14.9. The van der Waals surface area contributed by atoms with Gasteiger partial charge in [-0.1, -0.05) is 30.3 Å². The van der Waals surface area contributed by atoms with Gasteiger partial charge in [0.15, 0.2) is 0 Å². The molecule has 0 radical (unpaired) electrons. The summed E-state index contributed by atoms with van der Waals surface area (Å²) < 4.78 is 2.12. The molecule has 1 fully saturated rings. The Morgan fingerprint density at radius 1 is 1.25 bits per heavy atom. The van der Waals surface area contributed by atoms with Crippen molar-refractivity contribution >= 4 is 0 Å². The molecule has 0 saturated carbocycles. The van der Waals surface area contributed by atoms with Crippen LogP contribution in [0, 0.1) is 13.8 Å². The molecule has 1 atom stereocenters. The van der Waals surface area contributed by atoms with Gasteiger partial charge in [0, 0.05) is 38.4 Å². The number of benzene rings is 1. The van der Waals surface area contributed by atoms with Crippen molar-refractivity contribution in [1.82, 2.24) is 19.6 Å². The van der Waals surface area contributed by atoms with Crippen molar-refractivity contribution < 1.29 is 5.11 Å². The molecule has 2 heterocycles. The number of β-amino-alcohol motifs (C(OH)–C–C–N with tert-alkyl or cyclic N) is 1. The lowest BCUT2D eigenvalue weighted by molar-refractivity contribution is 0.0263. The van der Waals surface area contributed by atoms with Crippen molar-refractivity contribution in [3.63, 3.8) is 0 Å². The molecule has 0 aliphatic carbocycles. The van der Waals surface area contributed by atoms with Crippen LogP contribution in [0.2, 0.25) is 0 Å². The number of hydrogen-bond acceptors (Lipinski definition) is 4. The first-order valence-corrected chi connectivity index (χ1v) is 8.67. The maximum absolute atomic E-state index is 10.3. The average Bonchev–Trinajstić information content (AvgIpc) is 2.81. The van der Waals surface area contributed by atoms with Crippen LogP contribution in [0.5, 0.6) is 0 Å². The SMILES string of the molecule is Cc1cc(C)n(C2CN(C[C@H](O)CN(C)Cc3ccccc3)C2)n1. The molecule has 1 aromatic heterocycles. The summed E-state index contributed by atoms with van der Waals surface area (Å²) in [5, 5.41) is 14.9. The van der Waals surface area contributed by atoms with E-state index in [9.17, 15) is 5.11 Å². The van der Waals surface area contributed by atoms with Crippen molar-refractivity contribution in [2.24, 2.45) is 0 Å². The van der Waals surface area contributed by atoms with Crippen LogP contribution < -0.4 is 0 Å². The van der Waals surface area contributed by atoms with Crippen LogP contribution >= 0.6 is 0 Å². The third kappa shape index (κ3) is 4.23. The second-order valence-electron chi connectivity index (χ2n) is 7.08. The Balaban J connectivity index is 1.40. The van der Waals surface area contributed by atoms with Gasteiger partial charge in [-0.15, -0.1) is 0 Å². The third-order valence-corrected chi connectivity index (χ3v) is 4.62. The van der Waals surface area contributed by atoms with Crippen LogP contribution in [0.1, 0.15) is 23.0 Å². The Morgan fingerprint density at radius 3 is 2.58 bits per heavy atom. The van der Waals surface area contributed by atoms with Gasteiger partial charge in [-0.25, -0.2) is 0 Å². The van der Waals surface area contributed by atoms with E-state index in [0.717, 1.165) is 31.9 Å². The molecule has 1 aromatic carbocycles. The minimum Gasteiger partial charge on any atom is -0.390 e. The Morgan fingerprint density at radius 2 is 1.96 bits per heavy atom. The van der Waals surface area contributed by atoms with Crippen molar-refractivity contribution in [3.8, 4) is 0 Å². The predicted octanol–water partition coefficient (Wildman–Crippen LogP) is 1.85. The molecule has 1 N–H and O–H groups in total. The van der Waals surface area contributed by atoms with Crippen LogP contribution in [0.4, 0.5) is 0 Å². The molecule has 0 unspecified atom stereocenters. The van der Waals surface area contributed by atoms with Crippen molar-refractivity contribution in [2.45, 2.75) is 32.5 Å². The van der Waals surface area contributed by atoms with E-state index < -0.39 is 0 Å². The fourth-order valence-electron chi connectivity index (χ4n) is 3.54. The van der Waals surface area contributed by atoms with E-state index in [1.807, 2.05) is 13.0 Å². The van der Waals surface area contributed by atoms with Gasteiger partial charge >= 0.3 is 0 Å². The van der Waals surface area contributed by atoms with E-state index >= 15 is 0 Å². The molecular weight excluding hydrogens is 300 g/mol. The Kier molecular flexibility index (Phi) is 5.33. The second kappa shape index (κ2) is 7.47. The zero-order chi connectivity index (χ0) is 17.1. The van der Waals surface area contributed by atoms with E-state index in [-0.39, 0.29) is 6.10 Å². The fraction of sp³-hybridized carbons (Fsp3) is 0.526. The predicted molar refractivity (Wildman–Crippen MR) is 96.0 cm³/mol. The summed E-state index contributed by atoms with van der Waals surface area (Å²) >= 11 is 0. The quantitative estimate of drug-likeness (QED) is 0.842. The lowest BCUT2D eigenvalue weighted by atomic mass is 10.1. The molecule has 5 nitrogen and oxygen atoms in total. The highest BCUT2D eigenvalue weighted by Crippen LogP contribution is 2.22. The molecule has 1 saturated heterocycles. The molecule has 130 valence electrons. The van der Waals surface area contributed by atoms with Gasteiger partial charge < -0.3 is 5.11 Å². The van der Waals surface area contributed by atoms with Crippen LogP contribution in [0.25, 0.3) is 0 Å². The number of nitrogens with zero attached hydrogens (tertiary/aromatic N) is 4. The molecule has 0 amide bonds. The normalized spacial score (nSPS) is 17.2. The lowest BCUT2D eigenvalue weighted by Crippen LogP contribution is -2.52. The smallest absolute Gasteiger partial charge is 0.0793 e. The highest BCUT2D eigenvalue weighted by Gasteiger charge is 2.31. The largest absolute Gasteiger partial charge is 0.390 e. The number of rotatable bonds is 7. The van der Waals surface area contributed by atoms with E-state index in [0.29, 0.717) is 12.6 Å².